The maximum absolute atomic E-state index is 5.50. The zero-order chi connectivity index (χ0) is 16.9. The number of ether oxygens (including phenoxy) is 1. The molecule has 1 saturated heterocycles. The van der Waals surface area contributed by atoms with Crippen LogP contribution in [-0.4, -0.2) is 52.4 Å². The fraction of sp³-hybridized carbons (Fsp3) is 0.526. The maximum Gasteiger partial charge on any atom is 0.119 e. The second-order valence-electron chi connectivity index (χ2n) is 6.53. The Morgan fingerprint density at radius 3 is 2.17 bits per heavy atom. The van der Waals surface area contributed by atoms with E-state index < -0.39 is 0 Å². The smallest absolute Gasteiger partial charge is 0.119 e. The zero-order valence-electron chi connectivity index (χ0n) is 15.0. The van der Waals surface area contributed by atoms with Gasteiger partial charge in [0.1, 0.15) is 5.75 Å². The lowest BCUT2D eigenvalue weighted by atomic mass is 10.2. The van der Waals surface area contributed by atoms with Gasteiger partial charge in [-0.2, -0.15) is 5.10 Å². The lowest BCUT2D eigenvalue weighted by Crippen LogP contribution is -2.45. The van der Waals surface area contributed by atoms with Gasteiger partial charge in [0.05, 0.1) is 12.3 Å². The summed E-state index contributed by atoms with van der Waals surface area (Å²) < 4.78 is 7.46. The van der Waals surface area contributed by atoms with Crippen molar-refractivity contribution in [1.82, 2.24) is 19.6 Å². The molecule has 1 aliphatic rings. The molecule has 3 rings (SSSR count). The van der Waals surface area contributed by atoms with Crippen LogP contribution < -0.4 is 4.74 Å². The topological polar surface area (TPSA) is 33.5 Å². The third-order valence-electron chi connectivity index (χ3n) is 4.66. The highest BCUT2D eigenvalue weighted by atomic mass is 16.5. The van der Waals surface area contributed by atoms with Crippen molar-refractivity contribution in [3.8, 4) is 5.75 Å². The van der Waals surface area contributed by atoms with Crippen LogP contribution in [0.1, 0.15) is 23.9 Å². The van der Waals surface area contributed by atoms with Crippen LogP contribution in [0.25, 0.3) is 0 Å². The van der Waals surface area contributed by atoms with Crippen molar-refractivity contribution < 1.29 is 4.74 Å². The number of nitrogens with zero attached hydrogens (tertiary/aromatic N) is 4. The summed E-state index contributed by atoms with van der Waals surface area (Å²) in [6, 6.07) is 10.7. The van der Waals surface area contributed by atoms with E-state index in [-0.39, 0.29) is 0 Å². The van der Waals surface area contributed by atoms with Crippen molar-refractivity contribution in [1.29, 1.82) is 0 Å². The second-order valence-corrected chi connectivity index (χ2v) is 6.53. The first kappa shape index (κ1) is 17.0. The van der Waals surface area contributed by atoms with E-state index in [0.717, 1.165) is 51.6 Å². The second kappa shape index (κ2) is 7.81. The van der Waals surface area contributed by atoms with E-state index in [1.54, 1.807) is 0 Å². The highest BCUT2D eigenvalue weighted by Gasteiger charge is 2.18. The molecule has 1 aliphatic heterocycles. The first-order chi connectivity index (χ1) is 11.6. The van der Waals surface area contributed by atoms with Gasteiger partial charge in [-0.25, -0.2) is 0 Å². The summed E-state index contributed by atoms with van der Waals surface area (Å²) in [5.74, 6) is 0.955. The Labute approximate surface area is 144 Å². The molecular formula is C19H28N4O. The highest BCUT2D eigenvalue weighted by molar-refractivity contribution is 5.27. The molecule has 0 unspecified atom stereocenters. The van der Waals surface area contributed by atoms with Gasteiger partial charge in [-0.15, -0.1) is 0 Å². The predicted molar refractivity (Wildman–Crippen MR) is 96.1 cm³/mol. The van der Waals surface area contributed by atoms with Gasteiger partial charge in [-0.3, -0.25) is 14.5 Å². The summed E-state index contributed by atoms with van der Waals surface area (Å²) in [5, 5.41) is 4.56. The fourth-order valence-corrected chi connectivity index (χ4v) is 3.16. The quantitative estimate of drug-likeness (QED) is 0.816. The minimum absolute atomic E-state index is 0.719. The number of piperazine rings is 1. The third kappa shape index (κ3) is 4.36. The van der Waals surface area contributed by atoms with Crippen molar-refractivity contribution in [2.24, 2.45) is 7.05 Å². The van der Waals surface area contributed by atoms with Crippen LogP contribution in [-0.2, 0) is 20.1 Å². The molecule has 130 valence electrons. The van der Waals surface area contributed by atoms with Gasteiger partial charge in [0.25, 0.3) is 0 Å². The fourth-order valence-electron chi connectivity index (χ4n) is 3.16. The monoisotopic (exact) mass is 328 g/mol. The highest BCUT2D eigenvalue weighted by Crippen LogP contribution is 2.15. The number of hydrogen-bond acceptors (Lipinski definition) is 4. The molecule has 5 nitrogen and oxygen atoms in total. The minimum Gasteiger partial charge on any atom is -0.494 e. The van der Waals surface area contributed by atoms with Gasteiger partial charge in [0.2, 0.25) is 0 Å². The Balaban J connectivity index is 1.46. The lowest BCUT2D eigenvalue weighted by Gasteiger charge is -2.34. The van der Waals surface area contributed by atoms with Crippen LogP contribution in [0.4, 0.5) is 0 Å². The van der Waals surface area contributed by atoms with Gasteiger partial charge < -0.3 is 4.74 Å². The minimum atomic E-state index is 0.719. The van der Waals surface area contributed by atoms with Crippen LogP contribution in [0.15, 0.2) is 30.3 Å². The predicted octanol–water partition coefficient (Wildman–Crippen LogP) is 2.45. The lowest BCUT2D eigenvalue weighted by molar-refractivity contribution is 0.121. The Bertz CT molecular complexity index is 622. The molecule has 0 saturated carbocycles. The average molecular weight is 328 g/mol. The van der Waals surface area contributed by atoms with Crippen LogP contribution in [0.5, 0.6) is 5.75 Å². The maximum atomic E-state index is 5.50. The molecule has 0 N–H and O–H groups in total. The Morgan fingerprint density at radius 1 is 1.00 bits per heavy atom. The van der Waals surface area contributed by atoms with E-state index in [9.17, 15) is 0 Å². The first-order valence-electron chi connectivity index (χ1n) is 8.80. The Kier molecular flexibility index (Phi) is 5.53. The van der Waals surface area contributed by atoms with Crippen molar-refractivity contribution in [3.63, 3.8) is 0 Å². The van der Waals surface area contributed by atoms with E-state index in [1.807, 2.05) is 18.7 Å². The van der Waals surface area contributed by atoms with Gasteiger partial charge in [0.15, 0.2) is 0 Å². The molecule has 0 bridgehead atoms. The number of rotatable bonds is 6. The number of benzene rings is 1. The molecule has 1 aromatic heterocycles. The van der Waals surface area contributed by atoms with Gasteiger partial charge in [0, 0.05) is 52.0 Å². The van der Waals surface area contributed by atoms with Gasteiger partial charge in [-0.05, 0) is 37.6 Å². The van der Waals surface area contributed by atoms with E-state index in [0.29, 0.717) is 0 Å². The van der Waals surface area contributed by atoms with Crippen molar-refractivity contribution in [2.45, 2.75) is 26.9 Å². The summed E-state index contributed by atoms with van der Waals surface area (Å²) in [6.07, 6.45) is 0. The molecule has 0 radical (unpaired) electrons. The molecular weight excluding hydrogens is 300 g/mol. The van der Waals surface area contributed by atoms with Crippen molar-refractivity contribution in [2.75, 3.05) is 32.8 Å². The molecule has 5 heteroatoms. The molecule has 24 heavy (non-hydrogen) atoms. The average Bonchev–Trinajstić information content (AvgIpc) is 2.89. The third-order valence-corrected chi connectivity index (χ3v) is 4.66. The number of hydrogen-bond donors (Lipinski definition) is 0. The van der Waals surface area contributed by atoms with E-state index >= 15 is 0 Å². The van der Waals surface area contributed by atoms with Crippen molar-refractivity contribution in [3.05, 3.63) is 47.3 Å². The molecule has 1 fully saturated rings. The SMILES string of the molecule is CCOc1ccc(CN2CCN(Cc3cc(C)n(C)n3)CC2)cc1. The molecule has 2 heterocycles. The summed E-state index contributed by atoms with van der Waals surface area (Å²) >= 11 is 0. The summed E-state index contributed by atoms with van der Waals surface area (Å²) in [7, 11) is 2.01. The van der Waals surface area contributed by atoms with Gasteiger partial charge >= 0.3 is 0 Å². The Morgan fingerprint density at radius 2 is 1.62 bits per heavy atom. The van der Waals surface area contributed by atoms with Crippen molar-refractivity contribution >= 4 is 0 Å². The zero-order valence-corrected chi connectivity index (χ0v) is 15.0. The van der Waals surface area contributed by atoms with E-state index in [2.05, 4.69) is 52.2 Å². The number of aryl methyl sites for hydroxylation is 2. The normalized spacial score (nSPS) is 16.5. The summed E-state index contributed by atoms with van der Waals surface area (Å²) in [6.45, 7) is 11.2. The largest absolute Gasteiger partial charge is 0.494 e. The van der Waals surface area contributed by atoms with E-state index in [4.69, 9.17) is 4.74 Å². The molecule has 0 aliphatic carbocycles. The van der Waals surface area contributed by atoms with E-state index in [1.165, 1.54) is 17.0 Å². The van der Waals surface area contributed by atoms with Crippen LogP contribution >= 0.6 is 0 Å². The Hall–Kier alpha value is -1.85. The first-order valence-corrected chi connectivity index (χ1v) is 8.80. The standard InChI is InChI=1S/C19H28N4O/c1-4-24-19-7-5-17(6-8-19)14-22-9-11-23(12-10-22)15-18-13-16(2)21(3)20-18/h5-8,13H,4,9-12,14-15H2,1-3H3. The number of aromatic nitrogens is 2. The van der Waals surface area contributed by atoms with Crippen LogP contribution in [0.2, 0.25) is 0 Å². The molecule has 0 spiro atoms. The molecule has 0 atom stereocenters. The summed E-state index contributed by atoms with van der Waals surface area (Å²) in [5.41, 5.74) is 3.75. The molecule has 2 aromatic rings. The van der Waals surface area contributed by atoms with Crippen LogP contribution in [0.3, 0.4) is 0 Å². The van der Waals surface area contributed by atoms with Gasteiger partial charge in [-0.1, -0.05) is 12.1 Å². The van der Waals surface area contributed by atoms with Crippen LogP contribution in [0, 0.1) is 6.92 Å². The molecule has 1 aromatic carbocycles. The summed E-state index contributed by atoms with van der Waals surface area (Å²) in [4.78, 5) is 5.02. The molecule has 0 amide bonds.